The van der Waals surface area contributed by atoms with Gasteiger partial charge in [-0.25, -0.2) is 0 Å². The SMILES string of the molecule is N#Cc1cccc(-c2c3c(cc4c2ccc2c5cc6c(c(-c7cccc(C#N)c7)c5ccc42)-c2cccc4cccc-6c24)-c2cccc4cccc-3c24)c1. The topological polar surface area (TPSA) is 47.6 Å². The van der Waals surface area contributed by atoms with E-state index in [9.17, 15) is 10.5 Å². The number of fused-ring (bicyclic) bond motifs is 11. The summed E-state index contributed by atoms with van der Waals surface area (Å²) in [5.74, 6) is 0. The zero-order chi connectivity index (χ0) is 35.7. The highest BCUT2D eigenvalue weighted by Crippen LogP contribution is 2.56. The predicted molar refractivity (Wildman–Crippen MR) is 223 cm³/mol. The van der Waals surface area contributed by atoms with Gasteiger partial charge < -0.3 is 0 Å². The fourth-order valence-corrected chi connectivity index (χ4v) is 9.79. The van der Waals surface area contributed by atoms with Crippen LogP contribution >= 0.6 is 0 Å². The largest absolute Gasteiger partial charge is 0.192 e. The van der Waals surface area contributed by atoms with Gasteiger partial charge in [-0.05, 0) is 157 Å². The molecule has 244 valence electrons. The predicted octanol–water partition coefficient (Wildman–Crippen LogP) is 13.8. The molecule has 0 fully saturated rings. The average Bonchev–Trinajstić information content (AvgIpc) is 3.73. The molecule has 0 bridgehead atoms. The van der Waals surface area contributed by atoms with E-state index >= 15 is 0 Å². The van der Waals surface area contributed by atoms with Crippen LogP contribution in [-0.2, 0) is 0 Å². The summed E-state index contributed by atoms with van der Waals surface area (Å²) < 4.78 is 0. The monoisotopic (exact) mass is 678 g/mol. The van der Waals surface area contributed by atoms with E-state index in [0.29, 0.717) is 11.1 Å². The second-order valence-electron chi connectivity index (χ2n) is 14.6. The van der Waals surface area contributed by atoms with E-state index in [2.05, 4.69) is 133 Å². The smallest absolute Gasteiger partial charge is 0.0991 e. The van der Waals surface area contributed by atoms with Crippen molar-refractivity contribution in [3.05, 3.63) is 169 Å². The van der Waals surface area contributed by atoms with E-state index in [4.69, 9.17) is 0 Å². The zero-order valence-electron chi connectivity index (χ0n) is 28.9. The molecule has 10 aromatic rings. The van der Waals surface area contributed by atoms with Crippen LogP contribution in [0, 0.1) is 22.7 Å². The lowest BCUT2D eigenvalue weighted by Crippen LogP contribution is -1.93. The molecule has 0 atom stereocenters. The first-order valence-electron chi connectivity index (χ1n) is 18.3. The molecule has 0 amide bonds. The molecule has 0 unspecified atom stereocenters. The first-order chi connectivity index (χ1) is 26.7. The number of nitrogens with zero attached hydrogens (tertiary/aromatic N) is 2. The molecular formula is C52H26N2. The van der Waals surface area contributed by atoms with Crippen LogP contribution in [0.25, 0.3) is 121 Å². The molecule has 54 heavy (non-hydrogen) atoms. The van der Waals surface area contributed by atoms with E-state index in [1.807, 2.05) is 36.4 Å². The van der Waals surface area contributed by atoms with Crippen molar-refractivity contribution < 1.29 is 0 Å². The average molecular weight is 679 g/mol. The van der Waals surface area contributed by atoms with Crippen LogP contribution in [0.4, 0.5) is 0 Å². The molecule has 0 N–H and O–H groups in total. The Bertz CT molecular complexity index is 3220. The molecule has 2 heteroatoms. The van der Waals surface area contributed by atoms with E-state index in [0.717, 1.165) is 22.3 Å². The van der Waals surface area contributed by atoms with E-state index in [-0.39, 0.29) is 0 Å². The van der Waals surface area contributed by atoms with Crippen LogP contribution in [0.15, 0.2) is 158 Å². The number of hydrogen-bond donors (Lipinski definition) is 0. The molecule has 2 aliphatic carbocycles. The lowest BCUT2D eigenvalue weighted by Gasteiger charge is -2.19. The molecule has 10 aromatic carbocycles. The number of benzene rings is 10. The Morgan fingerprint density at radius 2 is 0.685 bits per heavy atom. The Balaban J connectivity index is 1.24. The summed E-state index contributed by atoms with van der Waals surface area (Å²) in [6.45, 7) is 0. The number of rotatable bonds is 2. The van der Waals surface area contributed by atoms with Gasteiger partial charge in [-0.3, -0.25) is 0 Å². The molecule has 2 aliphatic rings. The zero-order valence-corrected chi connectivity index (χ0v) is 28.9. The van der Waals surface area contributed by atoms with Crippen LogP contribution in [0.3, 0.4) is 0 Å². The molecule has 2 nitrogen and oxygen atoms in total. The minimum atomic E-state index is 0.650. The van der Waals surface area contributed by atoms with Gasteiger partial charge in [-0.2, -0.15) is 10.5 Å². The molecule has 0 aliphatic heterocycles. The van der Waals surface area contributed by atoms with E-state index in [1.165, 1.54) is 98.4 Å². The van der Waals surface area contributed by atoms with Gasteiger partial charge in [0.25, 0.3) is 0 Å². The Kier molecular flexibility index (Phi) is 5.67. The highest BCUT2D eigenvalue weighted by Gasteiger charge is 2.29. The standard InChI is InChI=1S/C52H26N2/c53-27-29-7-1-13-33(23-29)49-39-21-19-36-35(43(39)25-45-37-15-3-9-31-11-5-17-41(47(31)37)51(45)49)20-22-40-44(36)26-46-38-16-4-10-32-12-6-18-42(48(32)38)52(46)50(40)34-14-2-8-30(24-34)28-54/h1-26H. The molecule has 0 spiro atoms. The molecular weight excluding hydrogens is 653 g/mol. The van der Waals surface area contributed by atoms with E-state index < -0.39 is 0 Å². The molecule has 12 rings (SSSR count). The summed E-state index contributed by atoms with van der Waals surface area (Å²) in [5, 5.41) is 32.0. The van der Waals surface area contributed by atoms with Gasteiger partial charge in [-0.1, -0.05) is 121 Å². The summed E-state index contributed by atoms with van der Waals surface area (Å²) in [6.07, 6.45) is 0. The second-order valence-corrected chi connectivity index (χ2v) is 14.6. The lowest BCUT2D eigenvalue weighted by atomic mass is 9.83. The van der Waals surface area contributed by atoms with Crippen molar-refractivity contribution in [2.24, 2.45) is 0 Å². The summed E-state index contributed by atoms with van der Waals surface area (Å²) >= 11 is 0. The van der Waals surface area contributed by atoms with Crippen LogP contribution in [-0.4, -0.2) is 0 Å². The second kappa shape index (κ2) is 10.5. The van der Waals surface area contributed by atoms with Crippen molar-refractivity contribution in [2.75, 3.05) is 0 Å². The Morgan fingerprint density at radius 3 is 1.11 bits per heavy atom. The van der Waals surface area contributed by atoms with Crippen LogP contribution in [0.2, 0.25) is 0 Å². The molecule has 0 saturated carbocycles. The molecule has 0 heterocycles. The maximum Gasteiger partial charge on any atom is 0.0991 e. The number of nitriles is 2. The Morgan fingerprint density at radius 1 is 0.296 bits per heavy atom. The van der Waals surface area contributed by atoms with Gasteiger partial charge in [0.2, 0.25) is 0 Å². The van der Waals surface area contributed by atoms with Gasteiger partial charge in [-0.15, -0.1) is 0 Å². The van der Waals surface area contributed by atoms with Crippen LogP contribution in [0.5, 0.6) is 0 Å². The van der Waals surface area contributed by atoms with Crippen molar-refractivity contribution in [1.29, 1.82) is 10.5 Å². The van der Waals surface area contributed by atoms with Crippen molar-refractivity contribution in [3.8, 4) is 78.9 Å². The summed E-state index contributed by atoms with van der Waals surface area (Å²) in [7, 11) is 0. The molecule has 0 saturated heterocycles. The van der Waals surface area contributed by atoms with Crippen molar-refractivity contribution >= 4 is 53.9 Å². The fraction of sp³-hybridized carbons (Fsp3) is 0. The normalized spacial score (nSPS) is 12.0. The molecule has 0 radical (unpaired) electrons. The summed E-state index contributed by atoms with van der Waals surface area (Å²) in [6, 6.07) is 61.3. The highest BCUT2D eigenvalue weighted by atomic mass is 14.3. The van der Waals surface area contributed by atoms with Gasteiger partial charge in [0, 0.05) is 0 Å². The summed E-state index contributed by atoms with van der Waals surface area (Å²) in [5.41, 5.74) is 15.6. The lowest BCUT2D eigenvalue weighted by molar-refractivity contribution is 1.48. The minimum Gasteiger partial charge on any atom is -0.192 e. The third-order valence-electron chi connectivity index (χ3n) is 11.9. The first kappa shape index (κ1) is 29.1. The van der Waals surface area contributed by atoms with Crippen molar-refractivity contribution in [3.63, 3.8) is 0 Å². The van der Waals surface area contributed by atoms with Gasteiger partial charge in [0.1, 0.15) is 0 Å². The van der Waals surface area contributed by atoms with Crippen molar-refractivity contribution in [1.82, 2.24) is 0 Å². The van der Waals surface area contributed by atoms with Crippen LogP contribution in [0.1, 0.15) is 11.1 Å². The fourth-order valence-electron chi connectivity index (χ4n) is 9.79. The van der Waals surface area contributed by atoms with Gasteiger partial charge in [0.15, 0.2) is 0 Å². The maximum absolute atomic E-state index is 9.96. The van der Waals surface area contributed by atoms with Crippen molar-refractivity contribution in [2.45, 2.75) is 0 Å². The van der Waals surface area contributed by atoms with Gasteiger partial charge in [0.05, 0.1) is 23.3 Å². The van der Waals surface area contributed by atoms with Crippen LogP contribution < -0.4 is 0 Å². The van der Waals surface area contributed by atoms with E-state index in [1.54, 1.807) is 0 Å². The highest BCUT2D eigenvalue weighted by molar-refractivity contribution is 6.30. The van der Waals surface area contributed by atoms with Gasteiger partial charge >= 0.3 is 0 Å². The Hall–Kier alpha value is -7.52. The minimum absolute atomic E-state index is 0.650. The molecule has 0 aromatic heterocycles. The first-order valence-corrected chi connectivity index (χ1v) is 18.3. The third-order valence-corrected chi connectivity index (χ3v) is 11.9. The third kappa shape index (κ3) is 3.71. The summed E-state index contributed by atoms with van der Waals surface area (Å²) in [4.78, 5) is 0. The Labute approximate surface area is 311 Å². The maximum atomic E-state index is 9.96. The quantitative estimate of drug-likeness (QED) is 0.171. The number of hydrogen-bond acceptors (Lipinski definition) is 2.